The SMILES string of the molecule is CCCCCCCCCCCCCCCCCCN(C)C.CCCC[PH+](CCCC)CCCC.[Cl][Pt][Cl]. The van der Waals surface area contributed by atoms with Gasteiger partial charge in [0, 0.05) is 7.92 Å². The molecule has 0 aromatic carbocycles. The van der Waals surface area contributed by atoms with Crippen LogP contribution in [0.3, 0.4) is 0 Å². The standard InChI is InChI=1S/C20H43N.C12H27P.2ClH.Pt/c1-4-5-6-7-8-9-10-11-12-13-14-15-16-17-18-19-20-21(2)3;1-4-7-10-13(11-8-5-2)12-9-6-3;;;/h4-20H2,1-3H3;4-12H2,1-3H3;2*1H;/q;;;;+2/p-1. The summed E-state index contributed by atoms with van der Waals surface area (Å²) in [5.41, 5.74) is 0. The van der Waals surface area contributed by atoms with Crippen molar-refractivity contribution in [2.24, 2.45) is 0 Å². The molecule has 0 N–H and O–H groups in total. The van der Waals surface area contributed by atoms with Crippen molar-refractivity contribution in [1.29, 1.82) is 0 Å². The van der Waals surface area contributed by atoms with Gasteiger partial charge in [-0.1, -0.05) is 143 Å². The second-order valence-electron chi connectivity index (χ2n) is 11.2. The molecule has 0 aliphatic rings. The molecule has 1 nitrogen and oxygen atoms in total. The molecule has 0 saturated heterocycles. The third-order valence-corrected chi connectivity index (χ3v) is 10.3. The molecule has 37 heavy (non-hydrogen) atoms. The number of nitrogens with zero attached hydrogens (tertiary/aromatic N) is 1. The Kier molecular flexibility index (Phi) is 49.1. The molecular formula is C32H71Cl2NPPt+. The van der Waals surface area contributed by atoms with Crippen LogP contribution in [-0.2, 0) is 16.5 Å². The van der Waals surface area contributed by atoms with E-state index in [1.54, 1.807) is 18.5 Å². The molecule has 0 aliphatic carbocycles. The average molecular weight is 767 g/mol. The van der Waals surface area contributed by atoms with E-state index in [2.05, 4.69) is 46.7 Å². The normalized spacial score (nSPS) is 11.0. The monoisotopic (exact) mass is 765 g/mol. The Bertz CT molecular complexity index is 343. The van der Waals surface area contributed by atoms with Crippen LogP contribution in [-0.4, -0.2) is 44.0 Å². The predicted molar refractivity (Wildman–Crippen MR) is 177 cm³/mol. The van der Waals surface area contributed by atoms with Crippen molar-refractivity contribution < 1.29 is 16.5 Å². The summed E-state index contributed by atoms with van der Waals surface area (Å²) in [4.78, 5) is 2.30. The zero-order valence-corrected chi connectivity index (χ0v) is 31.2. The van der Waals surface area contributed by atoms with Gasteiger partial charge in [0.1, 0.15) is 0 Å². The molecule has 0 fully saturated rings. The summed E-state index contributed by atoms with van der Waals surface area (Å²) >= 11 is -0.472. The quantitative estimate of drug-likeness (QED) is 0.0626. The van der Waals surface area contributed by atoms with Crippen LogP contribution >= 0.6 is 26.8 Å². The Hall–Kier alpha value is 1.66. The van der Waals surface area contributed by atoms with Crippen LogP contribution in [0.25, 0.3) is 0 Å². The summed E-state index contributed by atoms with van der Waals surface area (Å²) in [6.45, 7) is 10.5. The molecule has 0 aromatic rings. The first-order valence-electron chi connectivity index (χ1n) is 16.3. The fraction of sp³-hybridized carbons (Fsp3) is 1.00. The van der Waals surface area contributed by atoms with Crippen molar-refractivity contribution in [3.8, 4) is 0 Å². The predicted octanol–water partition coefficient (Wildman–Crippen LogP) is 12.8. The molecule has 0 heterocycles. The van der Waals surface area contributed by atoms with Gasteiger partial charge in [-0.3, -0.25) is 0 Å². The third-order valence-electron chi connectivity index (χ3n) is 7.11. The average Bonchev–Trinajstić information content (AvgIpc) is 2.88. The topological polar surface area (TPSA) is 3.24 Å². The molecule has 0 rings (SSSR count). The fourth-order valence-electron chi connectivity index (χ4n) is 4.63. The Balaban J connectivity index is -0.000000615. The summed E-state index contributed by atoms with van der Waals surface area (Å²) in [7, 11) is 14.2. The van der Waals surface area contributed by atoms with Gasteiger partial charge in [-0.2, -0.15) is 0 Å². The first kappa shape index (κ1) is 43.1. The zero-order valence-electron chi connectivity index (χ0n) is 26.4. The van der Waals surface area contributed by atoms with Gasteiger partial charge in [0.25, 0.3) is 0 Å². The van der Waals surface area contributed by atoms with E-state index in [0.717, 1.165) is 0 Å². The van der Waals surface area contributed by atoms with Crippen LogP contribution in [0.4, 0.5) is 0 Å². The molecule has 0 spiro atoms. The van der Waals surface area contributed by atoms with Gasteiger partial charge in [-0.15, -0.1) is 0 Å². The van der Waals surface area contributed by atoms with Crippen molar-refractivity contribution >= 4 is 26.8 Å². The molecule has 0 aromatic heterocycles. The van der Waals surface area contributed by atoms with Crippen molar-refractivity contribution in [1.82, 2.24) is 4.90 Å². The van der Waals surface area contributed by atoms with Gasteiger partial charge in [0.15, 0.2) is 0 Å². The molecule has 0 saturated carbocycles. The molecule has 0 aliphatic heterocycles. The van der Waals surface area contributed by atoms with Crippen LogP contribution < -0.4 is 0 Å². The molecular weight excluding hydrogens is 695 g/mol. The Morgan fingerprint density at radius 1 is 0.432 bits per heavy atom. The Labute approximate surface area is 254 Å². The number of hydrogen-bond acceptors (Lipinski definition) is 1. The number of unbranched alkanes of at least 4 members (excludes halogenated alkanes) is 18. The maximum atomic E-state index is 4.88. The summed E-state index contributed by atoms with van der Waals surface area (Å²) < 4.78 is 0. The molecule has 0 atom stereocenters. The van der Waals surface area contributed by atoms with Crippen LogP contribution in [0.1, 0.15) is 169 Å². The minimum absolute atomic E-state index is 0.0675. The van der Waals surface area contributed by atoms with Crippen LogP contribution in [0.5, 0.6) is 0 Å². The summed E-state index contributed by atoms with van der Waals surface area (Å²) in [6, 6.07) is 0. The van der Waals surface area contributed by atoms with E-state index in [0.29, 0.717) is 0 Å². The number of halogens is 2. The van der Waals surface area contributed by atoms with Crippen molar-refractivity contribution in [2.45, 2.75) is 169 Å². The van der Waals surface area contributed by atoms with Gasteiger partial charge < -0.3 is 4.90 Å². The summed E-state index contributed by atoms with van der Waals surface area (Å²) in [6.07, 6.45) is 36.7. The number of rotatable bonds is 26. The number of hydrogen-bond donors (Lipinski definition) is 0. The molecule has 0 unspecified atom stereocenters. The second kappa shape index (κ2) is 42.1. The van der Waals surface area contributed by atoms with E-state index in [4.69, 9.17) is 18.8 Å². The molecule has 5 heteroatoms. The van der Waals surface area contributed by atoms with Crippen molar-refractivity contribution in [3.63, 3.8) is 0 Å². The van der Waals surface area contributed by atoms with Gasteiger partial charge in [-0.25, -0.2) is 0 Å². The van der Waals surface area contributed by atoms with E-state index in [1.165, 1.54) is 148 Å². The van der Waals surface area contributed by atoms with E-state index in [-0.39, 0.29) is 7.92 Å². The summed E-state index contributed by atoms with van der Waals surface area (Å²) in [5, 5.41) is 0. The molecule has 232 valence electrons. The van der Waals surface area contributed by atoms with E-state index in [1.807, 2.05) is 0 Å². The van der Waals surface area contributed by atoms with Gasteiger partial charge in [0.2, 0.25) is 0 Å². The van der Waals surface area contributed by atoms with Gasteiger partial charge in [0.05, 0.1) is 18.5 Å². The van der Waals surface area contributed by atoms with E-state index < -0.39 is 16.5 Å². The third kappa shape index (κ3) is 47.8. The molecule has 0 amide bonds. The van der Waals surface area contributed by atoms with Gasteiger partial charge >= 0.3 is 35.3 Å². The van der Waals surface area contributed by atoms with Gasteiger partial charge in [-0.05, 0) is 46.3 Å². The van der Waals surface area contributed by atoms with Crippen LogP contribution in [0, 0.1) is 0 Å². The van der Waals surface area contributed by atoms with E-state index in [9.17, 15) is 0 Å². The van der Waals surface area contributed by atoms with Crippen molar-refractivity contribution in [3.05, 3.63) is 0 Å². The Morgan fingerprint density at radius 3 is 0.919 bits per heavy atom. The second-order valence-corrected chi connectivity index (χ2v) is 17.5. The first-order valence-corrected chi connectivity index (χ1v) is 24.1. The summed E-state index contributed by atoms with van der Waals surface area (Å²) in [5.74, 6) is 0. The first-order chi connectivity index (χ1) is 18.0. The maximum absolute atomic E-state index is 4.88. The Morgan fingerprint density at radius 2 is 0.676 bits per heavy atom. The van der Waals surface area contributed by atoms with E-state index >= 15 is 0 Å². The van der Waals surface area contributed by atoms with Crippen LogP contribution in [0.2, 0.25) is 0 Å². The molecule has 0 bridgehead atoms. The van der Waals surface area contributed by atoms with Crippen molar-refractivity contribution in [2.75, 3.05) is 39.1 Å². The fourth-order valence-corrected chi connectivity index (χ4v) is 7.94. The minimum atomic E-state index is -0.472. The van der Waals surface area contributed by atoms with Crippen LogP contribution in [0.15, 0.2) is 0 Å². The zero-order chi connectivity index (χ0) is 28.2. The molecule has 0 radical (unpaired) electrons.